The van der Waals surface area contributed by atoms with E-state index in [0.29, 0.717) is 17.7 Å². The second-order valence-electron chi connectivity index (χ2n) is 4.58. The molecule has 0 radical (unpaired) electrons. The van der Waals surface area contributed by atoms with E-state index in [-0.39, 0.29) is 18.4 Å². The molecule has 0 bridgehead atoms. The van der Waals surface area contributed by atoms with Crippen LogP contribution in [-0.2, 0) is 9.59 Å². The van der Waals surface area contributed by atoms with Crippen LogP contribution in [0.25, 0.3) is 0 Å². The minimum Gasteiger partial charge on any atom is -0.481 e. The lowest BCUT2D eigenvalue weighted by atomic mass is 9.98. The molecular weight excluding hydrogens is 260 g/mol. The topological polar surface area (TPSA) is 98.7 Å². The van der Waals surface area contributed by atoms with Gasteiger partial charge in [-0.15, -0.1) is 0 Å². The lowest BCUT2D eigenvalue weighted by molar-refractivity contribution is -0.137. The van der Waals surface area contributed by atoms with Gasteiger partial charge in [-0.1, -0.05) is 12.1 Å². The number of carboxylic acid groups (broad SMARTS) is 1. The van der Waals surface area contributed by atoms with E-state index >= 15 is 0 Å². The quantitative estimate of drug-likeness (QED) is 0.600. The molecule has 0 aliphatic heterocycles. The van der Waals surface area contributed by atoms with Gasteiger partial charge in [0.05, 0.1) is 6.10 Å². The Morgan fingerprint density at radius 3 is 2.30 bits per heavy atom. The highest BCUT2D eigenvalue weighted by Crippen LogP contribution is 2.21. The molecule has 0 saturated heterocycles. The predicted molar refractivity (Wildman–Crippen MR) is 75.4 cm³/mol. The molecule has 6 heteroatoms. The Bertz CT molecular complexity index is 459. The molecule has 20 heavy (non-hydrogen) atoms. The van der Waals surface area contributed by atoms with E-state index in [4.69, 9.17) is 5.11 Å². The van der Waals surface area contributed by atoms with Gasteiger partial charge in [0.1, 0.15) is 0 Å². The number of nitrogens with one attached hydrogen (secondary N) is 2. The predicted octanol–water partition coefficient (Wildman–Crippen LogP) is 1.13. The average molecular weight is 280 g/mol. The molecule has 0 aliphatic rings. The van der Waals surface area contributed by atoms with Gasteiger partial charge in [-0.3, -0.25) is 9.59 Å². The molecule has 0 fully saturated rings. The number of hydrogen-bond donors (Lipinski definition) is 4. The number of carboxylic acids is 1. The Kier molecular flexibility index (Phi) is 6.14. The number of aliphatic carboxylic acids is 1. The Morgan fingerprint density at radius 2 is 1.85 bits per heavy atom. The van der Waals surface area contributed by atoms with E-state index in [1.165, 1.54) is 6.92 Å². The largest absolute Gasteiger partial charge is 0.481 e. The summed E-state index contributed by atoms with van der Waals surface area (Å²) in [4.78, 5) is 21.5. The maximum Gasteiger partial charge on any atom is 0.303 e. The molecule has 2 atom stereocenters. The summed E-state index contributed by atoms with van der Waals surface area (Å²) in [7, 11) is 1.68. The van der Waals surface area contributed by atoms with E-state index in [9.17, 15) is 14.7 Å². The maximum absolute atomic E-state index is 10.9. The Morgan fingerprint density at radius 1 is 1.25 bits per heavy atom. The van der Waals surface area contributed by atoms with Crippen LogP contribution < -0.4 is 10.6 Å². The van der Waals surface area contributed by atoms with Crippen molar-refractivity contribution in [2.24, 2.45) is 0 Å². The number of amides is 1. The zero-order valence-corrected chi connectivity index (χ0v) is 11.6. The van der Waals surface area contributed by atoms with Gasteiger partial charge < -0.3 is 20.8 Å². The smallest absolute Gasteiger partial charge is 0.303 e. The first kappa shape index (κ1) is 16.1. The molecule has 0 saturated carbocycles. The molecule has 6 nitrogen and oxygen atoms in total. The molecule has 4 N–H and O–H groups in total. The van der Waals surface area contributed by atoms with Crippen LogP contribution in [0.1, 0.15) is 31.4 Å². The summed E-state index contributed by atoms with van der Waals surface area (Å²) in [5.74, 6) is -1.05. The summed E-state index contributed by atoms with van der Waals surface area (Å²) in [6, 6.07) is 6.48. The second kappa shape index (κ2) is 7.62. The Labute approximate surface area is 117 Å². The Hall–Kier alpha value is -1.92. The number of aliphatic hydroxyl groups is 1. The van der Waals surface area contributed by atoms with Gasteiger partial charge in [-0.05, 0) is 31.2 Å². The molecule has 2 unspecified atom stereocenters. The summed E-state index contributed by atoms with van der Waals surface area (Å²) in [5, 5.41) is 24.5. The van der Waals surface area contributed by atoms with Crippen LogP contribution in [-0.4, -0.2) is 35.2 Å². The number of carbonyl (C=O) groups excluding carboxylic acids is 1. The van der Waals surface area contributed by atoms with Gasteiger partial charge in [-0.25, -0.2) is 0 Å². The summed E-state index contributed by atoms with van der Waals surface area (Å²) in [6.07, 6.45) is -0.474. The molecule has 110 valence electrons. The third-order valence-electron chi connectivity index (χ3n) is 2.99. The molecule has 1 aromatic rings. The molecule has 1 rings (SSSR count). The Balaban J connectivity index is 2.71. The maximum atomic E-state index is 10.9. The number of anilines is 1. The standard InChI is InChI=1S/C14H20N2O4/c1-9(17)16-11-5-3-10(4-6-11)14(20)12(15-2)7-8-13(18)19/h3-6,12,14-15,20H,7-8H2,1-2H3,(H,16,17)(H,18,19). The van der Waals surface area contributed by atoms with Crippen molar-refractivity contribution in [1.29, 1.82) is 0 Å². The number of likely N-dealkylation sites (N-methyl/N-ethyl adjacent to an activating group) is 1. The summed E-state index contributed by atoms with van der Waals surface area (Å²) < 4.78 is 0. The fourth-order valence-corrected chi connectivity index (χ4v) is 1.94. The van der Waals surface area contributed by atoms with Crippen LogP contribution in [0.15, 0.2) is 24.3 Å². The first-order valence-electron chi connectivity index (χ1n) is 6.38. The van der Waals surface area contributed by atoms with Gasteiger partial charge in [0, 0.05) is 25.1 Å². The number of aliphatic hydroxyl groups excluding tert-OH is 1. The van der Waals surface area contributed by atoms with Gasteiger partial charge in [0.25, 0.3) is 0 Å². The minimum absolute atomic E-state index is 0.00740. The summed E-state index contributed by atoms with van der Waals surface area (Å²) in [5.41, 5.74) is 1.32. The van der Waals surface area contributed by atoms with E-state index in [1.54, 1.807) is 31.3 Å². The van der Waals surface area contributed by atoms with Crippen molar-refractivity contribution in [2.75, 3.05) is 12.4 Å². The first-order chi connectivity index (χ1) is 9.43. The fourth-order valence-electron chi connectivity index (χ4n) is 1.94. The van der Waals surface area contributed by atoms with Crippen LogP contribution in [0, 0.1) is 0 Å². The van der Waals surface area contributed by atoms with E-state index in [1.807, 2.05) is 0 Å². The average Bonchev–Trinajstić information content (AvgIpc) is 2.39. The van der Waals surface area contributed by atoms with Gasteiger partial charge in [0.15, 0.2) is 0 Å². The van der Waals surface area contributed by atoms with Gasteiger partial charge in [0.2, 0.25) is 5.91 Å². The third-order valence-corrected chi connectivity index (χ3v) is 2.99. The van der Waals surface area contributed by atoms with Crippen molar-refractivity contribution in [3.63, 3.8) is 0 Å². The summed E-state index contributed by atoms with van der Waals surface area (Å²) >= 11 is 0. The van der Waals surface area contributed by atoms with Crippen LogP contribution in [0.2, 0.25) is 0 Å². The van der Waals surface area contributed by atoms with Crippen molar-refractivity contribution in [3.05, 3.63) is 29.8 Å². The number of carbonyl (C=O) groups is 2. The highest BCUT2D eigenvalue weighted by molar-refractivity contribution is 5.88. The third kappa shape index (κ3) is 4.99. The van der Waals surface area contributed by atoms with Gasteiger partial charge in [-0.2, -0.15) is 0 Å². The number of rotatable bonds is 7. The second-order valence-corrected chi connectivity index (χ2v) is 4.58. The normalized spacial score (nSPS) is 13.6. The molecule has 0 aliphatic carbocycles. The van der Waals surface area contributed by atoms with Crippen molar-refractivity contribution in [1.82, 2.24) is 5.32 Å². The van der Waals surface area contributed by atoms with Crippen LogP contribution >= 0.6 is 0 Å². The lowest BCUT2D eigenvalue weighted by Crippen LogP contribution is -2.32. The molecule has 1 amide bonds. The SMILES string of the molecule is CNC(CCC(=O)O)C(O)c1ccc(NC(C)=O)cc1. The lowest BCUT2D eigenvalue weighted by Gasteiger charge is -2.22. The zero-order valence-electron chi connectivity index (χ0n) is 11.6. The van der Waals surface area contributed by atoms with Crippen molar-refractivity contribution >= 4 is 17.6 Å². The highest BCUT2D eigenvalue weighted by atomic mass is 16.4. The van der Waals surface area contributed by atoms with E-state index in [0.717, 1.165) is 0 Å². The number of benzene rings is 1. The van der Waals surface area contributed by atoms with Crippen molar-refractivity contribution in [3.8, 4) is 0 Å². The molecule has 1 aromatic carbocycles. The molecule has 0 aromatic heterocycles. The van der Waals surface area contributed by atoms with Crippen LogP contribution in [0.5, 0.6) is 0 Å². The number of hydrogen-bond acceptors (Lipinski definition) is 4. The van der Waals surface area contributed by atoms with E-state index in [2.05, 4.69) is 10.6 Å². The van der Waals surface area contributed by atoms with Crippen molar-refractivity contribution in [2.45, 2.75) is 31.9 Å². The van der Waals surface area contributed by atoms with Crippen LogP contribution in [0.4, 0.5) is 5.69 Å². The monoisotopic (exact) mass is 280 g/mol. The van der Waals surface area contributed by atoms with E-state index < -0.39 is 12.1 Å². The van der Waals surface area contributed by atoms with Crippen molar-refractivity contribution < 1.29 is 19.8 Å². The fraction of sp³-hybridized carbons (Fsp3) is 0.429. The molecular formula is C14H20N2O4. The minimum atomic E-state index is -0.890. The van der Waals surface area contributed by atoms with Crippen LogP contribution in [0.3, 0.4) is 0 Å². The zero-order chi connectivity index (χ0) is 15.1. The highest BCUT2D eigenvalue weighted by Gasteiger charge is 2.20. The molecule has 0 spiro atoms. The molecule has 0 heterocycles. The first-order valence-corrected chi connectivity index (χ1v) is 6.38. The summed E-state index contributed by atoms with van der Waals surface area (Å²) in [6.45, 7) is 1.42. The van der Waals surface area contributed by atoms with Gasteiger partial charge >= 0.3 is 5.97 Å².